The summed E-state index contributed by atoms with van der Waals surface area (Å²) in [5.74, 6) is 1.44. The summed E-state index contributed by atoms with van der Waals surface area (Å²) in [5, 5.41) is 0. The maximum Gasteiger partial charge on any atom is 0.278 e. The molecule has 7 heteroatoms. The van der Waals surface area contributed by atoms with Crippen LogP contribution in [0.1, 0.15) is 5.56 Å². The molecule has 0 bridgehead atoms. The third-order valence-electron chi connectivity index (χ3n) is 2.62. The van der Waals surface area contributed by atoms with E-state index in [4.69, 9.17) is 9.47 Å². The zero-order chi connectivity index (χ0) is 13.2. The first-order chi connectivity index (χ1) is 8.49. The molecule has 0 spiro atoms. The predicted octanol–water partition coefficient (Wildman–Crippen LogP) is 0.354. The Balaban J connectivity index is 1.92. The van der Waals surface area contributed by atoms with Gasteiger partial charge >= 0.3 is 0 Å². The Hall–Kier alpha value is -1.31. The van der Waals surface area contributed by atoms with Crippen LogP contribution in [0.25, 0.3) is 0 Å². The summed E-state index contributed by atoms with van der Waals surface area (Å²) < 4.78 is 37.1. The molecular formula is C11H16N2O4S. The second-order valence-electron chi connectivity index (χ2n) is 4.12. The van der Waals surface area contributed by atoms with Crippen molar-refractivity contribution in [2.24, 2.45) is 0 Å². The molecule has 0 saturated carbocycles. The van der Waals surface area contributed by atoms with E-state index in [1.165, 1.54) is 14.1 Å². The number of nitrogens with one attached hydrogen (secondary N) is 1. The average molecular weight is 272 g/mol. The quantitative estimate of drug-likeness (QED) is 0.840. The molecule has 1 aromatic carbocycles. The average Bonchev–Trinajstić information content (AvgIpc) is 2.75. The third-order valence-corrected chi connectivity index (χ3v) is 4.15. The molecule has 0 atom stereocenters. The molecule has 100 valence electrons. The normalized spacial score (nSPS) is 14.2. The van der Waals surface area contributed by atoms with Crippen LogP contribution < -0.4 is 14.2 Å². The zero-order valence-electron chi connectivity index (χ0n) is 10.3. The zero-order valence-corrected chi connectivity index (χ0v) is 11.2. The van der Waals surface area contributed by atoms with Gasteiger partial charge in [-0.05, 0) is 24.1 Å². The summed E-state index contributed by atoms with van der Waals surface area (Å²) >= 11 is 0. The maximum atomic E-state index is 11.5. The van der Waals surface area contributed by atoms with Crippen LogP contribution in [0.4, 0.5) is 0 Å². The van der Waals surface area contributed by atoms with E-state index in [0.717, 1.165) is 15.6 Å². The van der Waals surface area contributed by atoms with Crippen molar-refractivity contribution in [3.63, 3.8) is 0 Å². The van der Waals surface area contributed by atoms with E-state index < -0.39 is 10.2 Å². The third kappa shape index (κ3) is 2.92. The highest BCUT2D eigenvalue weighted by Crippen LogP contribution is 2.32. The van der Waals surface area contributed by atoms with Gasteiger partial charge in [-0.1, -0.05) is 6.07 Å². The van der Waals surface area contributed by atoms with Gasteiger partial charge in [-0.2, -0.15) is 12.7 Å². The van der Waals surface area contributed by atoms with Gasteiger partial charge in [0.1, 0.15) is 0 Å². The van der Waals surface area contributed by atoms with Gasteiger partial charge < -0.3 is 9.47 Å². The lowest BCUT2D eigenvalue weighted by Gasteiger charge is -2.12. The monoisotopic (exact) mass is 272 g/mol. The van der Waals surface area contributed by atoms with Crippen LogP contribution in [0.5, 0.6) is 11.5 Å². The van der Waals surface area contributed by atoms with E-state index in [0.29, 0.717) is 18.7 Å². The van der Waals surface area contributed by atoms with Crippen LogP contribution in [0, 0.1) is 0 Å². The first-order valence-electron chi connectivity index (χ1n) is 5.55. The molecule has 1 N–H and O–H groups in total. The van der Waals surface area contributed by atoms with Crippen molar-refractivity contribution in [2.45, 2.75) is 6.42 Å². The highest BCUT2D eigenvalue weighted by Gasteiger charge is 2.14. The highest BCUT2D eigenvalue weighted by atomic mass is 32.2. The van der Waals surface area contributed by atoms with Crippen LogP contribution in [0.15, 0.2) is 18.2 Å². The van der Waals surface area contributed by atoms with Gasteiger partial charge in [-0.25, -0.2) is 4.72 Å². The van der Waals surface area contributed by atoms with Gasteiger partial charge in [-0.3, -0.25) is 0 Å². The van der Waals surface area contributed by atoms with Crippen molar-refractivity contribution in [1.29, 1.82) is 0 Å². The fraction of sp³-hybridized carbons (Fsp3) is 0.455. The predicted molar refractivity (Wildman–Crippen MR) is 66.9 cm³/mol. The van der Waals surface area contributed by atoms with Gasteiger partial charge in [0.2, 0.25) is 6.79 Å². The van der Waals surface area contributed by atoms with Crippen molar-refractivity contribution in [3.05, 3.63) is 23.8 Å². The summed E-state index contributed by atoms with van der Waals surface area (Å²) in [7, 11) is -0.374. The van der Waals surface area contributed by atoms with Crippen molar-refractivity contribution in [3.8, 4) is 11.5 Å². The largest absolute Gasteiger partial charge is 0.454 e. The topological polar surface area (TPSA) is 67.9 Å². The number of benzene rings is 1. The Morgan fingerprint density at radius 2 is 2.00 bits per heavy atom. The van der Waals surface area contributed by atoms with Crippen LogP contribution in [-0.4, -0.2) is 40.2 Å². The number of ether oxygens (including phenoxy) is 2. The summed E-state index contributed by atoms with van der Waals surface area (Å²) in [6, 6.07) is 5.60. The van der Waals surface area contributed by atoms with Crippen LogP contribution in [-0.2, 0) is 16.6 Å². The summed E-state index contributed by atoms with van der Waals surface area (Å²) in [4.78, 5) is 0. The van der Waals surface area contributed by atoms with Crippen molar-refractivity contribution >= 4 is 10.2 Å². The van der Waals surface area contributed by atoms with Gasteiger partial charge in [0.15, 0.2) is 11.5 Å². The molecule has 1 aliphatic heterocycles. The van der Waals surface area contributed by atoms with E-state index in [1.54, 1.807) is 0 Å². The number of hydrogen-bond acceptors (Lipinski definition) is 4. The van der Waals surface area contributed by atoms with Crippen LogP contribution >= 0.6 is 0 Å². The van der Waals surface area contributed by atoms with Crippen LogP contribution in [0.2, 0.25) is 0 Å². The van der Waals surface area contributed by atoms with Gasteiger partial charge in [0.05, 0.1) is 0 Å². The van der Waals surface area contributed by atoms with E-state index >= 15 is 0 Å². The fourth-order valence-corrected chi connectivity index (χ4v) is 2.17. The minimum atomic E-state index is -3.35. The lowest BCUT2D eigenvalue weighted by atomic mass is 10.1. The first-order valence-corrected chi connectivity index (χ1v) is 6.99. The molecule has 0 aromatic heterocycles. The smallest absolute Gasteiger partial charge is 0.278 e. The van der Waals surface area contributed by atoms with Gasteiger partial charge in [0, 0.05) is 20.6 Å². The van der Waals surface area contributed by atoms with Gasteiger partial charge in [0.25, 0.3) is 10.2 Å². The SMILES string of the molecule is CN(C)S(=O)(=O)NCCc1ccc2c(c1)OCO2. The molecule has 0 fully saturated rings. The number of fused-ring (bicyclic) bond motifs is 1. The summed E-state index contributed by atoms with van der Waals surface area (Å²) in [6.07, 6.45) is 0.601. The maximum absolute atomic E-state index is 11.5. The van der Waals surface area contributed by atoms with Crippen molar-refractivity contribution in [1.82, 2.24) is 9.03 Å². The number of nitrogens with zero attached hydrogens (tertiary/aromatic N) is 1. The molecule has 2 rings (SSSR count). The Bertz CT molecular complexity index is 528. The van der Waals surface area contributed by atoms with Crippen molar-refractivity contribution in [2.75, 3.05) is 27.4 Å². The van der Waals surface area contributed by atoms with E-state index in [2.05, 4.69) is 4.72 Å². The van der Waals surface area contributed by atoms with Crippen LogP contribution in [0.3, 0.4) is 0 Å². The molecule has 1 aliphatic rings. The standard InChI is InChI=1S/C11H16N2O4S/c1-13(2)18(14,15)12-6-5-9-3-4-10-11(7-9)17-8-16-10/h3-4,7,12H,5-6,8H2,1-2H3. The molecule has 0 saturated heterocycles. The molecule has 1 aromatic rings. The molecule has 1 heterocycles. The Kier molecular flexibility index (Phi) is 3.74. The lowest BCUT2D eigenvalue weighted by Crippen LogP contribution is -2.36. The minimum absolute atomic E-state index is 0.242. The number of hydrogen-bond donors (Lipinski definition) is 1. The number of rotatable bonds is 5. The van der Waals surface area contributed by atoms with E-state index in [9.17, 15) is 8.42 Å². The van der Waals surface area contributed by atoms with Gasteiger partial charge in [-0.15, -0.1) is 0 Å². The molecule has 0 amide bonds. The summed E-state index contributed by atoms with van der Waals surface area (Å²) in [6.45, 7) is 0.589. The molecular weight excluding hydrogens is 256 g/mol. The molecule has 6 nitrogen and oxygen atoms in total. The Morgan fingerprint density at radius 3 is 2.72 bits per heavy atom. The lowest BCUT2D eigenvalue weighted by molar-refractivity contribution is 0.174. The fourth-order valence-electron chi connectivity index (χ4n) is 1.55. The first kappa shape index (κ1) is 13.1. The molecule has 0 unspecified atom stereocenters. The van der Waals surface area contributed by atoms with E-state index in [-0.39, 0.29) is 6.79 Å². The molecule has 0 radical (unpaired) electrons. The minimum Gasteiger partial charge on any atom is -0.454 e. The molecule has 0 aliphatic carbocycles. The Labute approximate surface area is 107 Å². The molecule has 18 heavy (non-hydrogen) atoms. The highest BCUT2D eigenvalue weighted by molar-refractivity contribution is 7.87. The second kappa shape index (κ2) is 5.13. The summed E-state index contributed by atoms with van der Waals surface area (Å²) in [5.41, 5.74) is 1.00. The second-order valence-corrected chi connectivity index (χ2v) is 6.09. The van der Waals surface area contributed by atoms with Crippen molar-refractivity contribution < 1.29 is 17.9 Å². The van der Waals surface area contributed by atoms with E-state index in [1.807, 2.05) is 18.2 Å². The Morgan fingerprint density at radius 1 is 1.28 bits per heavy atom.